The second-order valence-corrected chi connectivity index (χ2v) is 5.75. The molecule has 1 aliphatic heterocycles. The number of rotatable bonds is 9. The lowest BCUT2D eigenvalue weighted by molar-refractivity contribution is -0.384. The second-order valence-electron chi connectivity index (χ2n) is 5.75. The van der Waals surface area contributed by atoms with E-state index >= 15 is 0 Å². The van der Waals surface area contributed by atoms with E-state index < -0.39 is 4.92 Å². The Labute approximate surface area is 141 Å². The third-order valence-electron chi connectivity index (χ3n) is 3.95. The number of amides is 1. The number of anilines is 1. The molecule has 24 heavy (non-hydrogen) atoms. The van der Waals surface area contributed by atoms with Crippen molar-refractivity contribution < 1.29 is 9.72 Å². The van der Waals surface area contributed by atoms with E-state index in [1.807, 2.05) is 0 Å². The highest BCUT2D eigenvalue weighted by Crippen LogP contribution is 2.22. The van der Waals surface area contributed by atoms with Gasteiger partial charge in [-0.3, -0.25) is 14.9 Å². The van der Waals surface area contributed by atoms with Gasteiger partial charge in [0.05, 0.1) is 4.92 Å². The van der Waals surface area contributed by atoms with E-state index in [1.54, 1.807) is 18.2 Å². The van der Waals surface area contributed by atoms with Gasteiger partial charge in [0.25, 0.3) is 5.69 Å². The van der Waals surface area contributed by atoms with Crippen LogP contribution in [0.4, 0.5) is 11.4 Å². The largest absolute Gasteiger partial charge is 0.379 e. The van der Waals surface area contributed by atoms with Gasteiger partial charge < -0.3 is 20.9 Å². The highest BCUT2D eigenvalue weighted by molar-refractivity contribution is 5.76. The molecule has 1 amide bonds. The molecule has 0 bridgehead atoms. The summed E-state index contributed by atoms with van der Waals surface area (Å²) in [6.07, 6.45) is 1.23. The topological polar surface area (TPSA) is 99.5 Å². The van der Waals surface area contributed by atoms with Crippen molar-refractivity contribution in [1.82, 2.24) is 15.5 Å². The molecule has 132 valence electrons. The van der Waals surface area contributed by atoms with Crippen LogP contribution in [0, 0.1) is 10.1 Å². The van der Waals surface area contributed by atoms with Gasteiger partial charge in [0.15, 0.2) is 0 Å². The van der Waals surface area contributed by atoms with E-state index in [-0.39, 0.29) is 11.6 Å². The van der Waals surface area contributed by atoms with Crippen molar-refractivity contribution in [2.75, 3.05) is 51.1 Å². The van der Waals surface area contributed by atoms with E-state index in [4.69, 9.17) is 0 Å². The molecular weight excluding hydrogens is 310 g/mol. The number of hydrogen-bond donors (Lipinski definition) is 3. The van der Waals surface area contributed by atoms with Crippen LogP contribution in [0.2, 0.25) is 0 Å². The first-order chi connectivity index (χ1) is 11.7. The van der Waals surface area contributed by atoms with Crippen molar-refractivity contribution in [3.8, 4) is 0 Å². The first kappa shape index (κ1) is 18.2. The van der Waals surface area contributed by atoms with E-state index in [2.05, 4.69) is 20.9 Å². The van der Waals surface area contributed by atoms with Crippen LogP contribution >= 0.6 is 0 Å². The molecule has 1 saturated heterocycles. The van der Waals surface area contributed by atoms with Gasteiger partial charge in [-0.05, 0) is 19.0 Å². The number of hydrogen-bond acceptors (Lipinski definition) is 6. The molecule has 1 heterocycles. The lowest BCUT2D eigenvalue weighted by Gasteiger charge is -2.27. The number of benzene rings is 1. The first-order valence-corrected chi connectivity index (χ1v) is 8.34. The monoisotopic (exact) mass is 335 g/mol. The number of para-hydroxylation sites is 2. The third-order valence-corrected chi connectivity index (χ3v) is 3.95. The Balaban J connectivity index is 1.59. The zero-order valence-corrected chi connectivity index (χ0v) is 13.8. The minimum absolute atomic E-state index is 0.0222. The highest BCUT2D eigenvalue weighted by atomic mass is 16.6. The van der Waals surface area contributed by atoms with E-state index in [1.165, 1.54) is 6.07 Å². The fraction of sp³-hybridized carbons (Fsp3) is 0.562. The van der Waals surface area contributed by atoms with Crippen LogP contribution in [-0.2, 0) is 4.79 Å². The highest BCUT2D eigenvalue weighted by Gasteiger charge is 2.12. The number of carbonyl (C=O) groups excluding carboxylic acids is 1. The summed E-state index contributed by atoms with van der Waals surface area (Å²) in [5, 5.41) is 20.1. The summed E-state index contributed by atoms with van der Waals surface area (Å²) in [5.74, 6) is -0.0404. The van der Waals surface area contributed by atoms with Crippen LogP contribution in [0.25, 0.3) is 0 Å². The minimum atomic E-state index is -0.432. The molecule has 0 saturated carbocycles. The third kappa shape index (κ3) is 6.13. The lowest BCUT2D eigenvalue weighted by atomic mass is 10.2. The molecule has 1 aromatic rings. The Kier molecular flexibility index (Phi) is 7.44. The quantitative estimate of drug-likeness (QED) is 0.351. The van der Waals surface area contributed by atoms with Crippen molar-refractivity contribution in [3.05, 3.63) is 34.4 Å². The van der Waals surface area contributed by atoms with Gasteiger partial charge in [-0.25, -0.2) is 0 Å². The average molecular weight is 335 g/mol. The normalized spacial score (nSPS) is 15.0. The summed E-state index contributed by atoms with van der Waals surface area (Å²) in [6.45, 7) is 6.22. The Bertz CT molecular complexity index is 546. The molecule has 0 aliphatic carbocycles. The molecule has 0 aromatic heterocycles. The number of nitrogens with zero attached hydrogens (tertiary/aromatic N) is 2. The van der Waals surface area contributed by atoms with Crippen molar-refractivity contribution in [2.24, 2.45) is 0 Å². The Hall–Kier alpha value is -2.19. The molecule has 1 aliphatic rings. The predicted octanol–water partition coefficient (Wildman–Crippen LogP) is 0.808. The van der Waals surface area contributed by atoms with Gasteiger partial charge in [-0.1, -0.05) is 12.1 Å². The number of nitrogens with one attached hydrogen (secondary N) is 3. The molecule has 1 aromatic carbocycles. The molecule has 0 radical (unpaired) electrons. The number of nitro benzene ring substituents is 1. The molecule has 0 atom stereocenters. The summed E-state index contributed by atoms with van der Waals surface area (Å²) in [5.41, 5.74) is 0.461. The molecule has 0 spiro atoms. The van der Waals surface area contributed by atoms with Crippen molar-refractivity contribution in [1.29, 1.82) is 0 Å². The molecule has 2 rings (SSSR count). The maximum atomic E-state index is 11.8. The average Bonchev–Trinajstić information content (AvgIpc) is 2.60. The fourth-order valence-electron chi connectivity index (χ4n) is 2.65. The standard InChI is InChI=1S/C16H25N5O3/c22-16(19-7-3-11-20-12-9-17-10-13-20)6-8-18-14-4-1-2-5-15(14)21(23)24/h1-2,4-5,17-18H,3,6-13H2,(H,19,22). The van der Waals surface area contributed by atoms with Gasteiger partial charge in [0, 0.05) is 51.8 Å². The van der Waals surface area contributed by atoms with Gasteiger partial charge in [-0.2, -0.15) is 0 Å². The summed E-state index contributed by atoms with van der Waals surface area (Å²) < 4.78 is 0. The number of nitro groups is 1. The van der Waals surface area contributed by atoms with Crippen LogP contribution in [-0.4, -0.2) is 61.5 Å². The fourth-order valence-corrected chi connectivity index (χ4v) is 2.65. The Morgan fingerprint density at radius 3 is 2.75 bits per heavy atom. The lowest BCUT2D eigenvalue weighted by Crippen LogP contribution is -2.44. The van der Waals surface area contributed by atoms with Gasteiger partial charge in [0.2, 0.25) is 5.91 Å². The van der Waals surface area contributed by atoms with Crippen LogP contribution < -0.4 is 16.0 Å². The van der Waals surface area contributed by atoms with Gasteiger partial charge in [0.1, 0.15) is 5.69 Å². The zero-order chi connectivity index (χ0) is 17.2. The summed E-state index contributed by atoms with van der Waals surface area (Å²) in [6, 6.07) is 6.43. The molecule has 8 nitrogen and oxygen atoms in total. The SMILES string of the molecule is O=C(CCNc1ccccc1[N+](=O)[O-])NCCCN1CCNCC1. The van der Waals surface area contributed by atoms with E-state index in [0.717, 1.165) is 39.1 Å². The summed E-state index contributed by atoms with van der Waals surface area (Å²) in [4.78, 5) is 24.7. The van der Waals surface area contributed by atoms with Crippen LogP contribution in [0.3, 0.4) is 0 Å². The first-order valence-electron chi connectivity index (χ1n) is 8.34. The van der Waals surface area contributed by atoms with E-state index in [0.29, 0.717) is 25.2 Å². The molecular formula is C16H25N5O3. The van der Waals surface area contributed by atoms with Crippen molar-refractivity contribution in [2.45, 2.75) is 12.8 Å². The van der Waals surface area contributed by atoms with Gasteiger partial charge >= 0.3 is 0 Å². The van der Waals surface area contributed by atoms with Crippen LogP contribution in [0.15, 0.2) is 24.3 Å². The maximum absolute atomic E-state index is 11.8. The van der Waals surface area contributed by atoms with Crippen molar-refractivity contribution >= 4 is 17.3 Å². The second kappa shape index (κ2) is 9.84. The smallest absolute Gasteiger partial charge is 0.292 e. The van der Waals surface area contributed by atoms with E-state index in [9.17, 15) is 14.9 Å². The summed E-state index contributed by atoms with van der Waals surface area (Å²) >= 11 is 0. The van der Waals surface area contributed by atoms with Gasteiger partial charge in [-0.15, -0.1) is 0 Å². The van der Waals surface area contributed by atoms with Crippen LogP contribution in [0.1, 0.15) is 12.8 Å². The number of piperazine rings is 1. The zero-order valence-electron chi connectivity index (χ0n) is 13.8. The Morgan fingerprint density at radius 2 is 2.00 bits per heavy atom. The molecule has 0 unspecified atom stereocenters. The predicted molar refractivity (Wildman–Crippen MR) is 93.1 cm³/mol. The van der Waals surface area contributed by atoms with Crippen molar-refractivity contribution in [3.63, 3.8) is 0 Å². The molecule has 1 fully saturated rings. The van der Waals surface area contributed by atoms with Crippen LogP contribution in [0.5, 0.6) is 0 Å². The Morgan fingerprint density at radius 1 is 1.25 bits per heavy atom. The minimum Gasteiger partial charge on any atom is -0.379 e. The summed E-state index contributed by atoms with van der Waals surface area (Å²) in [7, 11) is 0. The molecule has 8 heteroatoms. The molecule has 3 N–H and O–H groups in total. The maximum Gasteiger partial charge on any atom is 0.292 e. The number of carbonyl (C=O) groups is 1.